The Labute approximate surface area is 509 Å². The van der Waals surface area contributed by atoms with Crippen LogP contribution in [0.5, 0.6) is 0 Å². The fourth-order valence-corrected chi connectivity index (χ4v) is 13.3. The zero-order valence-electron chi connectivity index (χ0n) is 51.0. The quantitative estimate of drug-likeness (QED) is 0.0319. The van der Waals surface area contributed by atoms with Gasteiger partial charge in [-0.1, -0.05) is 75.4 Å². The first-order valence-electron chi connectivity index (χ1n) is 30.1. The van der Waals surface area contributed by atoms with Crippen LogP contribution in [0.25, 0.3) is 0 Å². The second kappa shape index (κ2) is 28.4. The first-order valence-corrected chi connectivity index (χ1v) is 31.1. The molecule has 0 spiro atoms. The van der Waals surface area contributed by atoms with Crippen LogP contribution in [0.4, 0.5) is 5.69 Å². The van der Waals surface area contributed by atoms with Crippen molar-refractivity contribution in [2.45, 2.75) is 166 Å². The van der Waals surface area contributed by atoms with E-state index in [1.54, 1.807) is 45.0 Å². The van der Waals surface area contributed by atoms with Gasteiger partial charge in [-0.2, -0.15) is 0 Å². The van der Waals surface area contributed by atoms with Gasteiger partial charge in [0.2, 0.25) is 29.5 Å². The number of nitrogens with zero attached hydrogens (tertiary/aromatic N) is 2. The van der Waals surface area contributed by atoms with Gasteiger partial charge in [0.1, 0.15) is 30.5 Å². The van der Waals surface area contributed by atoms with Crippen molar-refractivity contribution in [2.75, 3.05) is 38.3 Å². The third-order valence-corrected chi connectivity index (χ3v) is 19.0. The van der Waals surface area contributed by atoms with Crippen molar-refractivity contribution in [1.29, 1.82) is 0 Å². The highest BCUT2D eigenvalue weighted by atomic mass is 32.2. The van der Waals surface area contributed by atoms with Gasteiger partial charge in [0, 0.05) is 65.2 Å². The minimum absolute atomic E-state index is 0.0216. The van der Waals surface area contributed by atoms with Gasteiger partial charge in [0.05, 0.1) is 24.2 Å². The van der Waals surface area contributed by atoms with Crippen LogP contribution in [0.2, 0.25) is 0 Å². The Bertz CT molecular complexity index is 3160. The minimum Gasteiger partial charge on any atom is -0.467 e. The first kappa shape index (κ1) is 64.6. The van der Waals surface area contributed by atoms with E-state index in [4.69, 9.17) is 4.74 Å². The van der Waals surface area contributed by atoms with Gasteiger partial charge in [-0.3, -0.25) is 43.2 Å². The summed E-state index contributed by atoms with van der Waals surface area (Å²) in [5.74, 6) is -3.33. The van der Waals surface area contributed by atoms with Crippen molar-refractivity contribution in [3.05, 3.63) is 136 Å². The normalized spacial score (nSPS) is 20.5. The number of hydrogen-bond acceptors (Lipinski definition) is 13. The first-order chi connectivity index (χ1) is 41.0. The molecule has 1 saturated heterocycles. The van der Waals surface area contributed by atoms with Crippen LogP contribution in [-0.2, 0) is 64.1 Å². The third-order valence-electron chi connectivity index (χ3n) is 17.6. The molecule has 0 saturated carbocycles. The smallest absolute Gasteiger partial charge is 0.293 e. The van der Waals surface area contributed by atoms with E-state index in [0.29, 0.717) is 23.5 Å². The average Bonchev–Trinajstić information content (AvgIpc) is 1.19. The number of rotatable bonds is 23. The van der Waals surface area contributed by atoms with Crippen molar-refractivity contribution in [2.24, 2.45) is 11.3 Å². The van der Waals surface area contributed by atoms with Crippen molar-refractivity contribution < 1.29 is 47.9 Å². The fourth-order valence-electron chi connectivity index (χ4n) is 12.2. The lowest BCUT2D eigenvalue weighted by Gasteiger charge is -2.42. The van der Waals surface area contributed by atoms with Gasteiger partial charge in [0.25, 0.3) is 18.3 Å². The van der Waals surface area contributed by atoms with E-state index < -0.39 is 76.0 Å². The second-order valence-electron chi connectivity index (χ2n) is 24.9. The highest BCUT2D eigenvalue weighted by Gasteiger charge is 2.47. The summed E-state index contributed by atoms with van der Waals surface area (Å²) in [4.78, 5) is 128. The van der Waals surface area contributed by atoms with E-state index in [9.17, 15) is 38.4 Å². The molecule has 86 heavy (non-hydrogen) atoms. The SMILES string of the molecule is CN[C@@H](C)C(=O)C[C@H](C(=O)N1C[C@@H](NC(=O)c2ccc(C(=O)Nc3ccc4c(c3)CN(C(=O)[C@@H](NC(=O)[C@H](C)NC)C(C)(C)SCCOC=O)[C@H](C(=O)NC3CCCc5ccccc53)C4)cc2)CC1C(=O)N[C@@H]1CCCc2ccccc21)C(C)(C)C. The summed E-state index contributed by atoms with van der Waals surface area (Å²) >= 11 is 1.35. The van der Waals surface area contributed by atoms with E-state index in [0.717, 1.165) is 60.8 Å². The number of likely N-dealkylation sites (tertiary alicyclic amines) is 1. The van der Waals surface area contributed by atoms with Crippen molar-refractivity contribution in [3.8, 4) is 0 Å². The second-order valence-corrected chi connectivity index (χ2v) is 26.6. The van der Waals surface area contributed by atoms with E-state index in [-0.39, 0.29) is 85.7 Å². The molecule has 2 aliphatic carbocycles. The molecule has 2 aliphatic heterocycles. The molecular weight excluding hydrogens is 1110 g/mol. The lowest BCUT2D eigenvalue weighted by atomic mass is 9.76. The number of amides is 7. The summed E-state index contributed by atoms with van der Waals surface area (Å²) in [5, 5.41) is 21.4. The molecule has 9 atom stereocenters. The lowest BCUT2D eigenvalue weighted by Crippen LogP contribution is -2.63. The summed E-state index contributed by atoms with van der Waals surface area (Å²) < 4.78 is 4.01. The van der Waals surface area contributed by atoms with Crippen LogP contribution < -0.4 is 37.2 Å². The molecule has 2 unspecified atom stereocenters. The van der Waals surface area contributed by atoms with E-state index in [1.807, 2.05) is 77.1 Å². The zero-order chi connectivity index (χ0) is 62.0. The van der Waals surface area contributed by atoms with Gasteiger partial charge in [0.15, 0.2) is 0 Å². The molecule has 4 aromatic carbocycles. The molecule has 460 valence electrons. The van der Waals surface area contributed by atoms with Crippen LogP contribution in [0.15, 0.2) is 91.0 Å². The molecule has 7 amide bonds. The number of carbonyl (C=O) groups is 9. The third kappa shape index (κ3) is 15.4. The van der Waals surface area contributed by atoms with Crippen LogP contribution in [0.1, 0.15) is 153 Å². The maximum absolute atomic E-state index is 15.3. The number of ether oxygens (including phenoxy) is 1. The number of benzene rings is 4. The fraction of sp³-hybridized carbons (Fsp3) is 0.500. The Balaban J connectivity index is 0.990. The molecule has 1 fully saturated rings. The number of aryl methyl sites for hydroxylation is 2. The number of carbonyl (C=O) groups excluding carboxylic acids is 9. The summed E-state index contributed by atoms with van der Waals surface area (Å²) in [5.41, 5.74) is 6.21. The van der Waals surface area contributed by atoms with E-state index in [1.165, 1.54) is 46.5 Å². The molecule has 4 aliphatic rings. The van der Waals surface area contributed by atoms with Gasteiger partial charge in [-0.15, -0.1) is 11.8 Å². The van der Waals surface area contributed by atoms with Crippen LogP contribution in [-0.4, -0.2) is 137 Å². The Morgan fingerprint density at radius 3 is 1.84 bits per heavy atom. The predicted molar refractivity (Wildman–Crippen MR) is 331 cm³/mol. The number of likely N-dealkylation sites (N-methyl/N-ethyl adjacent to an activating group) is 2. The predicted octanol–water partition coefficient (Wildman–Crippen LogP) is 6.29. The number of nitrogens with one attached hydrogen (secondary N) is 7. The standard InChI is InChI=1S/C66H85N9O10S/c1-39(67-8)56(77)35-51(65(3,4)5)63(83)75-37-48(34-55(75)62(82)72-53-23-15-19-42-17-11-13-21-50(42)53)70-60(80)44-26-24-43(25-27-44)59(79)69-47-29-28-45-33-54(61(81)71-52-22-14-18-41-16-10-12-20-49(41)52)74(36-46(45)32-47)64(84)57(73-58(78)40(2)68-9)66(6,7)86-31-30-85-38-76/h10-13,16-17,20-21,24-29,32,38-40,48,51-55,57,67-68H,14-15,18-19,22-23,30-31,33-37H2,1-9H3,(H,69,79)(H,70,80)(H,71,81)(H,72,82)(H,73,78)/t39-,40-,48-,51+,52?,53+,54-,55?,57+/m0/s1. The van der Waals surface area contributed by atoms with Gasteiger partial charge in [-0.05, 0) is 162 Å². The van der Waals surface area contributed by atoms with Crippen LogP contribution >= 0.6 is 11.8 Å². The number of anilines is 1. The van der Waals surface area contributed by atoms with Crippen molar-refractivity contribution >= 4 is 71.1 Å². The Kier molecular flexibility index (Phi) is 21.3. The number of fused-ring (bicyclic) bond motifs is 3. The summed E-state index contributed by atoms with van der Waals surface area (Å²) in [6, 6.07) is 22.3. The summed E-state index contributed by atoms with van der Waals surface area (Å²) in [6.45, 7) is 13.3. The van der Waals surface area contributed by atoms with E-state index in [2.05, 4.69) is 49.4 Å². The molecule has 0 bridgehead atoms. The summed E-state index contributed by atoms with van der Waals surface area (Å²) in [6.07, 6.45) is 5.34. The highest BCUT2D eigenvalue weighted by Crippen LogP contribution is 2.37. The number of Topliss-reactive ketones (excluding diaryl/α,β-unsaturated/α-hetero) is 1. The molecule has 20 heteroatoms. The lowest BCUT2D eigenvalue weighted by molar-refractivity contribution is -0.146. The molecule has 2 heterocycles. The molecule has 0 radical (unpaired) electrons. The molecule has 19 nitrogen and oxygen atoms in total. The highest BCUT2D eigenvalue weighted by molar-refractivity contribution is 8.00. The molecule has 0 aromatic heterocycles. The molecular formula is C66H85N9O10S. The van der Waals surface area contributed by atoms with Gasteiger partial charge in [-0.25, -0.2) is 0 Å². The Hall–Kier alpha value is -7.42. The molecule has 7 N–H and O–H groups in total. The minimum atomic E-state index is -1.13. The zero-order valence-corrected chi connectivity index (χ0v) is 51.8. The monoisotopic (exact) mass is 1200 g/mol. The average molecular weight is 1200 g/mol. The van der Waals surface area contributed by atoms with Crippen molar-refractivity contribution in [1.82, 2.24) is 41.7 Å². The van der Waals surface area contributed by atoms with Crippen LogP contribution in [0, 0.1) is 11.3 Å². The number of ketones is 1. The Morgan fingerprint density at radius 1 is 0.674 bits per heavy atom. The number of thioether (sulfide) groups is 1. The van der Waals surface area contributed by atoms with Gasteiger partial charge < -0.3 is 51.8 Å². The maximum Gasteiger partial charge on any atom is 0.293 e. The van der Waals surface area contributed by atoms with Crippen LogP contribution in [0.3, 0.4) is 0 Å². The van der Waals surface area contributed by atoms with Gasteiger partial charge >= 0.3 is 0 Å². The number of hydrogen-bond donors (Lipinski definition) is 7. The van der Waals surface area contributed by atoms with E-state index >= 15 is 4.79 Å². The molecule has 8 rings (SSSR count). The summed E-state index contributed by atoms with van der Waals surface area (Å²) in [7, 11) is 3.34. The molecule has 4 aromatic rings. The largest absolute Gasteiger partial charge is 0.467 e. The topological polar surface area (TPSA) is 254 Å². The van der Waals surface area contributed by atoms with Crippen molar-refractivity contribution in [3.63, 3.8) is 0 Å². The maximum atomic E-state index is 15.3. The Morgan fingerprint density at radius 2 is 1.26 bits per heavy atom.